The maximum absolute atomic E-state index is 10.8. The van der Waals surface area contributed by atoms with Crippen molar-refractivity contribution in [2.75, 3.05) is 6.54 Å². The summed E-state index contributed by atoms with van der Waals surface area (Å²) in [4.78, 5) is 14.3. The van der Waals surface area contributed by atoms with E-state index in [2.05, 4.69) is 4.99 Å². The minimum atomic E-state index is -3.05. The molecule has 0 aliphatic heterocycles. The number of nitrogens with zero attached hydrogens (tertiary/aromatic N) is 1. The number of carboxylic acid groups (broad SMARTS) is 1. The molecule has 0 rings (SSSR count). The van der Waals surface area contributed by atoms with Gasteiger partial charge >= 0.3 is 5.97 Å². The monoisotopic (exact) mass is 179 g/mol. The molecule has 0 spiro atoms. The van der Waals surface area contributed by atoms with Crippen LogP contribution in [0.15, 0.2) is 4.99 Å². The van der Waals surface area contributed by atoms with Gasteiger partial charge in [0.2, 0.25) is 0 Å². The maximum Gasteiger partial charge on any atom is 0.320 e. The summed E-state index contributed by atoms with van der Waals surface area (Å²) in [7, 11) is 0. The van der Waals surface area contributed by atoms with Gasteiger partial charge in [-0.3, -0.25) is 9.79 Å². The van der Waals surface area contributed by atoms with Crippen LogP contribution in [0.2, 0.25) is 2.82 Å². The summed E-state index contributed by atoms with van der Waals surface area (Å²) >= 11 is 0. The fraction of sp³-hybridized carbons (Fsp3) is 0.667. The quantitative estimate of drug-likeness (QED) is 0.290. The first kappa shape index (κ1) is 4.66. The predicted molar refractivity (Wildman–Crippen MR) is 45.5 cm³/mol. The zero-order valence-electron chi connectivity index (χ0n) is 11.3. The van der Waals surface area contributed by atoms with E-state index in [-0.39, 0.29) is 12.5 Å². The van der Waals surface area contributed by atoms with E-state index in [1.54, 1.807) is 0 Å². The minimum absolute atomic E-state index is 0.239. The lowest BCUT2D eigenvalue weighted by Gasteiger charge is -2.03. The zero-order valence-corrected chi connectivity index (χ0v) is 6.32. The van der Waals surface area contributed by atoms with Gasteiger partial charge in [0.25, 0.3) is 0 Å². The Bertz CT molecular complexity index is 320. The Morgan fingerprint density at radius 2 is 2.50 bits per heavy atom. The Labute approximate surface area is 77.6 Å². The van der Waals surface area contributed by atoms with Crippen LogP contribution in [-0.2, 0) is 4.79 Å². The lowest BCUT2D eigenvalue weighted by Crippen LogP contribution is -2.30. The summed E-state index contributed by atoms with van der Waals surface area (Å²) < 4.78 is 36.0. The Balaban J connectivity index is 4.98. The Hall–Kier alpha value is -1.30. The first-order valence-electron chi connectivity index (χ1n) is 5.52. The van der Waals surface area contributed by atoms with Gasteiger partial charge in [0.1, 0.15) is 8.84 Å². The van der Waals surface area contributed by atoms with Crippen LogP contribution in [0.5, 0.6) is 0 Å². The molecule has 6 nitrogen and oxygen atoms in total. The maximum atomic E-state index is 10.8. The molecule has 0 aromatic heterocycles. The van der Waals surface area contributed by atoms with E-state index in [0.29, 0.717) is 0 Å². The van der Waals surface area contributed by atoms with Crippen molar-refractivity contribution in [3.63, 3.8) is 0 Å². The molecule has 0 aliphatic carbocycles. The van der Waals surface area contributed by atoms with Gasteiger partial charge < -0.3 is 22.3 Å². The smallest absolute Gasteiger partial charge is 0.320 e. The molecular formula is C6H14N4O2. The molecule has 0 amide bonds. The second kappa shape index (κ2) is 5.36. The Morgan fingerprint density at radius 3 is 2.92 bits per heavy atom. The summed E-state index contributed by atoms with van der Waals surface area (Å²) in [5, 5.41) is 8.75. The Kier molecular flexibility index (Phi) is 2.08. The normalized spacial score (nSPS) is 22.2. The highest BCUT2D eigenvalue weighted by molar-refractivity contribution is 5.75. The molecule has 1 atom stereocenters. The SMILES string of the molecule is [2H]N([2H])[C@]([2H])(C(=O)O)C([2H])([2H])CCN=C(N)N. The van der Waals surface area contributed by atoms with E-state index < -0.39 is 30.5 Å². The number of aliphatic imine (C=N–C) groups is 1. The molecule has 7 N–H and O–H groups in total. The average Bonchev–Trinajstić information content (AvgIpc) is 2.14. The van der Waals surface area contributed by atoms with Crippen molar-refractivity contribution in [2.24, 2.45) is 22.2 Å². The minimum Gasteiger partial charge on any atom is -0.480 e. The van der Waals surface area contributed by atoms with Crippen molar-refractivity contribution in [1.82, 2.24) is 0 Å². The van der Waals surface area contributed by atoms with Gasteiger partial charge in [0.05, 0.1) is 1.37 Å². The topological polar surface area (TPSA) is 128 Å². The van der Waals surface area contributed by atoms with Gasteiger partial charge in [0.15, 0.2) is 5.96 Å². The number of aliphatic carboxylic acids is 1. The highest BCUT2D eigenvalue weighted by Crippen LogP contribution is 1.94. The van der Waals surface area contributed by atoms with Crippen LogP contribution in [0.3, 0.4) is 0 Å². The van der Waals surface area contributed by atoms with E-state index in [1.165, 1.54) is 0 Å². The predicted octanol–water partition coefficient (Wildman–Crippen LogP) is -1.55. The lowest BCUT2D eigenvalue weighted by atomic mass is 10.2. The summed E-state index contributed by atoms with van der Waals surface area (Å²) in [5.74, 6) is -2.22. The number of hydrogen-bond donors (Lipinski definition) is 4. The molecule has 0 heterocycles. The second-order valence-corrected chi connectivity index (χ2v) is 1.89. The standard InChI is InChI=1S/C6H14N4O2/c7-4(5(11)12)2-1-3-10-6(8)9/h4H,1-3,7H2,(H,11,12)(H4,8,9,10)/t4-/m0/s1/i2D2,4D/hD2. The third kappa shape index (κ3) is 5.48. The largest absolute Gasteiger partial charge is 0.480 e. The third-order valence-electron chi connectivity index (χ3n) is 0.901. The summed E-state index contributed by atoms with van der Waals surface area (Å²) in [6.07, 6.45) is -3.17. The van der Waals surface area contributed by atoms with Crippen LogP contribution >= 0.6 is 0 Å². The van der Waals surface area contributed by atoms with Crippen molar-refractivity contribution in [3.8, 4) is 0 Å². The number of carbonyl (C=O) groups is 1. The van der Waals surface area contributed by atoms with E-state index in [9.17, 15) is 4.79 Å². The van der Waals surface area contributed by atoms with Crippen molar-refractivity contribution in [1.29, 1.82) is 0 Å². The lowest BCUT2D eigenvalue weighted by molar-refractivity contribution is -0.138. The van der Waals surface area contributed by atoms with Crippen LogP contribution in [0.1, 0.15) is 16.9 Å². The number of nitrogens with two attached hydrogens (primary N) is 3. The Morgan fingerprint density at radius 1 is 1.83 bits per heavy atom. The van der Waals surface area contributed by atoms with Crippen molar-refractivity contribution < 1.29 is 16.8 Å². The average molecular weight is 179 g/mol. The first-order valence-corrected chi connectivity index (χ1v) is 3.12. The van der Waals surface area contributed by atoms with E-state index >= 15 is 0 Å². The van der Waals surface area contributed by atoms with Crippen LogP contribution in [-0.4, -0.2) is 29.6 Å². The zero-order chi connectivity index (χ0) is 13.9. The number of guanidine groups is 1. The molecule has 0 fully saturated rings. The van der Waals surface area contributed by atoms with Gasteiger partial charge in [-0.1, -0.05) is 0 Å². The molecule has 0 aromatic rings. The van der Waals surface area contributed by atoms with E-state index in [0.717, 1.165) is 0 Å². The van der Waals surface area contributed by atoms with Crippen molar-refractivity contribution >= 4 is 11.9 Å². The van der Waals surface area contributed by atoms with Gasteiger partial charge in [-0.15, -0.1) is 0 Å². The second-order valence-electron chi connectivity index (χ2n) is 1.89. The molecule has 6 heteroatoms. The molecule has 12 heavy (non-hydrogen) atoms. The fourth-order valence-electron chi connectivity index (χ4n) is 0.435. The highest BCUT2D eigenvalue weighted by atomic mass is 16.4. The molecular weight excluding hydrogens is 160 g/mol. The third-order valence-corrected chi connectivity index (χ3v) is 0.901. The van der Waals surface area contributed by atoms with Crippen molar-refractivity contribution in [3.05, 3.63) is 0 Å². The first-order chi connectivity index (χ1) is 7.55. The van der Waals surface area contributed by atoms with Gasteiger partial charge in [-0.25, -0.2) is 0 Å². The molecule has 0 aliphatic rings. The summed E-state index contributed by atoms with van der Waals surface area (Å²) in [6.45, 7) is -0.239. The number of rotatable bonds is 6. The summed E-state index contributed by atoms with van der Waals surface area (Å²) in [5.41, 5.74) is 9.52. The van der Waals surface area contributed by atoms with Gasteiger partial charge in [-0.05, 0) is 12.8 Å². The number of carboxylic acids is 1. The molecule has 0 unspecified atom stereocenters. The highest BCUT2D eigenvalue weighted by Gasteiger charge is 2.09. The van der Waals surface area contributed by atoms with Gasteiger partial charge in [-0.2, -0.15) is 0 Å². The van der Waals surface area contributed by atoms with Crippen LogP contribution in [0, 0.1) is 0 Å². The number of hydrogen-bond acceptors (Lipinski definition) is 3. The fourth-order valence-corrected chi connectivity index (χ4v) is 0.435. The van der Waals surface area contributed by atoms with E-state index in [4.69, 9.17) is 23.5 Å². The molecule has 0 saturated heterocycles. The van der Waals surface area contributed by atoms with Crippen LogP contribution in [0.4, 0.5) is 0 Å². The molecule has 0 bridgehead atoms. The van der Waals surface area contributed by atoms with Crippen LogP contribution in [0.25, 0.3) is 0 Å². The van der Waals surface area contributed by atoms with Crippen LogP contribution < -0.4 is 17.2 Å². The molecule has 0 radical (unpaired) electrons. The molecule has 0 aromatic carbocycles. The molecule has 70 valence electrons. The van der Waals surface area contributed by atoms with Crippen molar-refractivity contribution in [2.45, 2.75) is 18.8 Å². The van der Waals surface area contributed by atoms with E-state index in [1.807, 2.05) is 0 Å². The molecule has 0 saturated carbocycles. The van der Waals surface area contributed by atoms with Gasteiger partial charge in [0, 0.05) is 9.29 Å². The summed E-state index contributed by atoms with van der Waals surface area (Å²) in [6, 6.07) is -3.05.